The number of rotatable bonds is 4. The van der Waals surface area contributed by atoms with E-state index in [1.807, 2.05) is 0 Å². The van der Waals surface area contributed by atoms with E-state index in [4.69, 9.17) is 0 Å². The molecule has 1 aliphatic rings. The van der Waals surface area contributed by atoms with Gasteiger partial charge in [0.2, 0.25) is 0 Å². The zero-order valence-electron chi connectivity index (χ0n) is 12.5. The summed E-state index contributed by atoms with van der Waals surface area (Å²) in [4.78, 5) is 0. The van der Waals surface area contributed by atoms with Gasteiger partial charge in [0.1, 0.15) is 0 Å². The number of aryl methyl sites for hydroxylation is 1. The van der Waals surface area contributed by atoms with E-state index in [1.165, 1.54) is 34.9 Å². The summed E-state index contributed by atoms with van der Waals surface area (Å²) < 4.78 is 1.23. The third-order valence-corrected chi connectivity index (χ3v) is 5.47. The van der Waals surface area contributed by atoms with Crippen molar-refractivity contribution in [3.05, 3.63) is 69.7 Å². The lowest BCUT2D eigenvalue weighted by atomic mass is 9.66. The molecule has 0 heterocycles. The minimum absolute atomic E-state index is 0.216. The molecule has 0 radical (unpaired) electrons. The van der Waals surface area contributed by atoms with Gasteiger partial charge in [-0.25, -0.2) is 0 Å². The number of fused-ring (bicyclic) bond motifs is 1. The predicted octanol–water partition coefficient (Wildman–Crippen LogP) is 4.49. The monoisotopic (exact) mass is 343 g/mol. The first kappa shape index (κ1) is 14.8. The normalized spacial score (nSPS) is 21.0. The highest BCUT2D eigenvalue weighted by Crippen LogP contribution is 2.40. The smallest absolute Gasteiger partial charge is 0.0207 e. The van der Waals surface area contributed by atoms with Crippen molar-refractivity contribution in [2.24, 2.45) is 0 Å². The Balaban J connectivity index is 2.03. The van der Waals surface area contributed by atoms with Gasteiger partial charge in [-0.1, -0.05) is 58.4 Å². The van der Waals surface area contributed by atoms with Crippen molar-refractivity contribution in [3.8, 4) is 0 Å². The Bertz CT molecular complexity index is 622. The Hall–Kier alpha value is -1.12. The van der Waals surface area contributed by atoms with Crippen LogP contribution in [0.15, 0.2) is 53.0 Å². The van der Waals surface area contributed by atoms with Crippen molar-refractivity contribution in [3.63, 3.8) is 0 Å². The lowest BCUT2D eigenvalue weighted by molar-refractivity contribution is 0.344. The second-order valence-corrected chi connectivity index (χ2v) is 6.94. The topological polar surface area (TPSA) is 12.0 Å². The van der Waals surface area contributed by atoms with E-state index < -0.39 is 0 Å². The summed E-state index contributed by atoms with van der Waals surface area (Å²) in [5.41, 5.74) is 4.70. The van der Waals surface area contributed by atoms with Crippen LogP contribution >= 0.6 is 15.9 Å². The number of likely N-dealkylation sites (N-methyl/N-ethyl adjacent to an activating group) is 1. The molecule has 1 atom stereocenters. The predicted molar refractivity (Wildman–Crippen MR) is 92.8 cm³/mol. The average Bonchev–Trinajstić information content (AvgIpc) is 2.50. The summed E-state index contributed by atoms with van der Waals surface area (Å²) >= 11 is 3.72. The molecule has 0 spiro atoms. The van der Waals surface area contributed by atoms with Gasteiger partial charge < -0.3 is 5.32 Å². The molecular formula is C19H22BrN. The number of hydrogen-bond acceptors (Lipinski definition) is 1. The second-order valence-electron chi connectivity index (χ2n) is 6.09. The number of halogens is 1. The molecule has 1 N–H and O–H groups in total. The highest BCUT2D eigenvalue weighted by atomic mass is 79.9. The van der Waals surface area contributed by atoms with Gasteiger partial charge in [-0.15, -0.1) is 0 Å². The molecule has 2 aromatic carbocycles. The quantitative estimate of drug-likeness (QED) is 0.862. The maximum absolute atomic E-state index is 3.72. The van der Waals surface area contributed by atoms with Crippen LogP contribution in [0.5, 0.6) is 0 Å². The van der Waals surface area contributed by atoms with Crippen molar-refractivity contribution in [2.75, 3.05) is 13.6 Å². The molecule has 1 aliphatic carbocycles. The van der Waals surface area contributed by atoms with Gasteiger partial charge in [-0.05, 0) is 55.5 Å². The van der Waals surface area contributed by atoms with E-state index in [1.54, 1.807) is 5.56 Å². The Morgan fingerprint density at radius 3 is 2.67 bits per heavy atom. The summed E-state index contributed by atoms with van der Waals surface area (Å²) in [6, 6.07) is 17.6. The van der Waals surface area contributed by atoms with E-state index in [0.29, 0.717) is 0 Å². The first-order valence-corrected chi connectivity index (χ1v) is 8.51. The molecule has 1 nitrogen and oxygen atoms in total. The molecule has 0 bridgehead atoms. The van der Waals surface area contributed by atoms with E-state index in [2.05, 4.69) is 76.8 Å². The molecule has 3 rings (SSSR count). The van der Waals surface area contributed by atoms with E-state index in [9.17, 15) is 0 Å². The minimum Gasteiger partial charge on any atom is -0.319 e. The molecule has 0 aliphatic heterocycles. The second kappa shape index (κ2) is 6.33. The van der Waals surface area contributed by atoms with Crippen molar-refractivity contribution in [1.29, 1.82) is 0 Å². The van der Waals surface area contributed by atoms with Crippen LogP contribution in [0, 0.1) is 0 Å². The summed E-state index contributed by atoms with van der Waals surface area (Å²) in [6.07, 6.45) is 4.85. The van der Waals surface area contributed by atoms with E-state index in [0.717, 1.165) is 13.0 Å². The molecule has 2 aromatic rings. The van der Waals surface area contributed by atoms with Crippen LogP contribution in [0.2, 0.25) is 0 Å². The van der Waals surface area contributed by atoms with Crippen LogP contribution in [0.25, 0.3) is 0 Å². The number of nitrogens with one attached hydrogen (secondary N) is 1. The molecule has 0 fully saturated rings. The number of benzene rings is 2. The molecule has 0 saturated heterocycles. The summed E-state index contributed by atoms with van der Waals surface area (Å²) in [5.74, 6) is 0. The molecule has 0 aromatic heterocycles. The zero-order valence-corrected chi connectivity index (χ0v) is 14.1. The molecule has 0 amide bonds. The molecule has 1 unspecified atom stereocenters. The SMILES string of the molecule is CNCC1(Cc2ccccc2Br)CCCc2ccccc21. The van der Waals surface area contributed by atoms with Gasteiger partial charge in [-0.3, -0.25) is 0 Å². The van der Waals surface area contributed by atoms with Gasteiger partial charge >= 0.3 is 0 Å². The molecule has 2 heteroatoms. The fraction of sp³-hybridized carbons (Fsp3) is 0.368. The van der Waals surface area contributed by atoms with Crippen LogP contribution in [0.4, 0.5) is 0 Å². The molecule has 110 valence electrons. The maximum Gasteiger partial charge on any atom is 0.0207 e. The van der Waals surface area contributed by atoms with E-state index >= 15 is 0 Å². The minimum atomic E-state index is 0.216. The summed E-state index contributed by atoms with van der Waals surface area (Å²) in [7, 11) is 2.07. The lowest BCUT2D eigenvalue weighted by Gasteiger charge is -2.40. The highest BCUT2D eigenvalue weighted by Gasteiger charge is 2.36. The fourth-order valence-corrected chi connectivity index (χ4v) is 4.21. The first-order chi connectivity index (χ1) is 10.2. The van der Waals surface area contributed by atoms with E-state index in [-0.39, 0.29) is 5.41 Å². The fourth-order valence-electron chi connectivity index (χ4n) is 3.78. The summed E-state index contributed by atoms with van der Waals surface area (Å²) in [5, 5.41) is 3.44. The van der Waals surface area contributed by atoms with Crippen LogP contribution < -0.4 is 5.32 Å². The van der Waals surface area contributed by atoms with Gasteiger partial charge in [-0.2, -0.15) is 0 Å². The maximum atomic E-state index is 3.72. The Kier molecular flexibility index (Phi) is 4.46. The van der Waals surface area contributed by atoms with Crippen LogP contribution in [-0.2, 0) is 18.3 Å². The van der Waals surface area contributed by atoms with Crippen LogP contribution in [0.1, 0.15) is 29.5 Å². The first-order valence-electron chi connectivity index (χ1n) is 7.72. The Morgan fingerprint density at radius 2 is 1.86 bits per heavy atom. The van der Waals surface area contributed by atoms with Crippen molar-refractivity contribution in [2.45, 2.75) is 31.1 Å². The van der Waals surface area contributed by atoms with Gasteiger partial charge in [0.25, 0.3) is 0 Å². The van der Waals surface area contributed by atoms with Crippen molar-refractivity contribution in [1.82, 2.24) is 5.32 Å². The van der Waals surface area contributed by atoms with Crippen molar-refractivity contribution < 1.29 is 0 Å². The Labute approximate surface area is 135 Å². The molecule has 0 saturated carbocycles. The van der Waals surface area contributed by atoms with Crippen LogP contribution in [0.3, 0.4) is 0 Å². The van der Waals surface area contributed by atoms with Gasteiger partial charge in [0.05, 0.1) is 0 Å². The van der Waals surface area contributed by atoms with Gasteiger partial charge in [0, 0.05) is 16.4 Å². The molecule has 21 heavy (non-hydrogen) atoms. The third-order valence-electron chi connectivity index (χ3n) is 4.69. The Morgan fingerprint density at radius 1 is 1.10 bits per heavy atom. The molecular weight excluding hydrogens is 322 g/mol. The van der Waals surface area contributed by atoms with Gasteiger partial charge in [0.15, 0.2) is 0 Å². The summed E-state index contributed by atoms with van der Waals surface area (Å²) in [6.45, 7) is 1.03. The highest BCUT2D eigenvalue weighted by molar-refractivity contribution is 9.10. The zero-order chi connectivity index (χ0) is 14.7. The number of hydrogen-bond donors (Lipinski definition) is 1. The average molecular weight is 344 g/mol. The third kappa shape index (κ3) is 2.93. The van der Waals surface area contributed by atoms with Crippen LogP contribution in [-0.4, -0.2) is 13.6 Å². The standard InChI is InChI=1S/C19H22BrN/c1-21-14-19(13-16-8-3-5-11-18(16)20)12-6-9-15-7-2-4-10-17(15)19/h2-5,7-8,10-11,21H,6,9,12-14H2,1H3. The largest absolute Gasteiger partial charge is 0.319 e. The lowest BCUT2D eigenvalue weighted by Crippen LogP contribution is -2.41. The van der Waals surface area contributed by atoms with Crippen molar-refractivity contribution >= 4 is 15.9 Å².